The van der Waals surface area contributed by atoms with Gasteiger partial charge in [0.15, 0.2) is 11.6 Å². The number of imide groups is 3. The number of nitrogens with zero attached hydrogens (tertiary/aromatic N) is 9. The molecule has 5 atom stereocenters. The molecule has 3 saturated heterocycles. The summed E-state index contributed by atoms with van der Waals surface area (Å²) in [5.74, 6) is -5.13. The predicted molar refractivity (Wildman–Crippen MR) is 539 cm³/mol. The highest BCUT2D eigenvalue weighted by Crippen LogP contribution is 2.41. The first-order chi connectivity index (χ1) is 69.1. The van der Waals surface area contributed by atoms with Crippen molar-refractivity contribution in [2.45, 2.75) is 193 Å². The summed E-state index contributed by atoms with van der Waals surface area (Å²) >= 11 is 5.19. The first kappa shape index (κ1) is 102. The number of anilines is 4. The first-order valence-corrected chi connectivity index (χ1v) is 47.5. The number of nitro benzene ring substituents is 2. The zero-order valence-corrected chi connectivity index (χ0v) is 81.0. The van der Waals surface area contributed by atoms with Crippen LogP contribution < -0.4 is 53.4 Å². The molecule has 0 aromatic heterocycles. The SMILES string of the molecule is C=C1CCC(N2C(=O)c3cccc(OC(C)=O)c3C2=O)C(=O)N1.C=C1CCC(N2C(=O)c3cccc([N+](=O)[O-])c3C2=O)C(=O)N1.C=C1CCC(N2C(=O)c3cccc([N+](=O)[O-])c3C2=O)C(=S)N1.C=C1CCC(N2Cc3ccc(N)cc3C2=O)=CN1.C=C1CCC(N2Cc3ccc(NC(C)C)cc3C2=O)=CN1.CC(C)Nc1ccc2c(c1)C(=O)N(C1CC=CCC1=O)C2.Nc1ccc2c(c1)C(=O)N(C1CC=CCC1=O)C2. The van der Waals surface area contributed by atoms with Crippen LogP contribution in [0.2, 0.25) is 0 Å². The van der Waals surface area contributed by atoms with Crippen molar-refractivity contribution in [3.05, 3.63) is 335 Å². The van der Waals surface area contributed by atoms with Gasteiger partial charge in [-0.05, 0) is 200 Å². The molecule has 746 valence electrons. The Morgan fingerprint density at radius 3 is 1.17 bits per heavy atom. The molecule has 7 aromatic rings. The Kier molecular flexibility index (Phi) is 30.3. The van der Waals surface area contributed by atoms with Gasteiger partial charge < -0.3 is 73.0 Å². The van der Waals surface area contributed by atoms with Gasteiger partial charge >= 0.3 is 5.97 Å². The number of benzene rings is 7. The molecule has 5 unspecified atom stereocenters. The van der Waals surface area contributed by atoms with Crippen molar-refractivity contribution in [1.29, 1.82) is 0 Å². The second-order valence-corrected chi connectivity index (χ2v) is 37.4. The molecule has 0 saturated carbocycles. The number of ketones is 2. The number of ether oxygens (including phenoxy) is 1. The van der Waals surface area contributed by atoms with Crippen molar-refractivity contribution in [2.24, 2.45) is 0 Å². The van der Waals surface area contributed by atoms with Crippen LogP contribution in [0.15, 0.2) is 237 Å². The predicted octanol–water partition coefficient (Wildman–Crippen LogP) is 13.2. The smallest absolute Gasteiger partial charge is 0.308 e. The van der Waals surface area contributed by atoms with Crippen LogP contribution in [0, 0.1) is 20.2 Å². The number of fused-ring (bicyclic) bond motifs is 7. The van der Waals surface area contributed by atoms with E-state index in [-0.39, 0.29) is 98.5 Å². The highest BCUT2D eigenvalue weighted by Gasteiger charge is 2.51. The maximum Gasteiger partial charge on any atom is 0.308 e. The number of nitrogen functional groups attached to an aromatic ring is 2. The summed E-state index contributed by atoms with van der Waals surface area (Å²) in [7, 11) is 0. The van der Waals surface area contributed by atoms with Crippen molar-refractivity contribution in [3.63, 3.8) is 0 Å². The minimum Gasteiger partial charge on any atom is -0.426 e. The monoisotopic (exact) mass is 1980 g/mol. The zero-order chi connectivity index (χ0) is 104. The number of hydrogen-bond donors (Lipinski definition) is 9. The summed E-state index contributed by atoms with van der Waals surface area (Å²) in [5, 5.41) is 42.9. The van der Waals surface area contributed by atoms with Crippen molar-refractivity contribution in [2.75, 3.05) is 22.1 Å². The standard InChI is InChI=1S/C17H21N3O.C17H20N2O2.C16H14N2O5.C14H11N3O5.C14H11N3O4S.C14H15N3O.C14H14N2O2/c1-11(2)19-14-6-5-13-10-20(17(21)16(13)8-14)15-7-4-12(3)18-9-15;1-11(2)18-13-8-7-12-10-19(17(21)14(12)9-13)15-5-3-4-6-16(15)20;1-8-6-7-11(14(20)17-8)18-15(21)10-4-3-5-12(23-9(2)19)13(10)16(18)22;1-7-5-6-10(12(18)15-7)16-13(19)8-3-2-4-9(17(21)22)11(8)14(16)20;1-7-5-6-10(12(22)15-7)16-13(18)8-3-2-4-9(17(20)21)11(8)14(16)19;1-9-2-5-12(7-16-9)17-8-10-3-4-11(15)6-13(10)14(17)18;15-10-6-5-9-8-16(14(18)11(9)7-10)12-3-1-2-4-13(12)17/h5-6,8-9,11,18-19H,3-4,7,10H2,1-2H3;3-4,7-9,11,15,18H,5-6,10H2,1-2H3;3-5,11H,1,6-7H2,2H3,(H,17,20);2-4,10H,1,5-6H2,(H,15,18);2-4,10H,1,5-6H2,(H,15,22);3-4,6-7,16H,1-2,5,8,15H2;1-2,5-7,12H,3-4,8,15H2. The molecule has 0 spiro atoms. The van der Waals surface area contributed by atoms with E-state index in [1.807, 2.05) is 101 Å². The molecule has 12 heterocycles. The number of esters is 1. The topological polar surface area (TPSA) is 510 Å². The lowest BCUT2D eigenvalue weighted by Gasteiger charge is -2.31. The molecule has 21 rings (SSSR count). The average Bonchev–Trinajstić information content (AvgIpc) is 1.60. The minimum atomic E-state index is -0.975. The van der Waals surface area contributed by atoms with Crippen LogP contribution >= 0.6 is 12.2 Å². The highest BCUT2D eigenvalue weighted by molar-refractivity contribution is 7.80. The summed E-state index contributed by atoms with van der Waals surface area (Å²) in [6.45, 7) is 30.7. The van der Waals surface area contributed by atoms with Gasteiger partial charge in [-0.1, -0.05) is 112 Å². The van der Waals surface area contributed by atoms with Gasteiger partial charge in [-0.25, -0.2) is 0 Å². The molecule has 11 N–H and O–H groups in total. The van der Waals surface area contributed by atoms with Gasteiger partial charge in [-0.15, -0.1) is 0 Å². The summed E-state index contributed by atoms with van der Waals surface area (Å²) in [6.07, 6.45) is 19.6. The number of rotatable bonds is 14. The van der Waals surface area contributed by atoms with E-state index in [1.54, 1.807) is 28.0 Å². The Morgan fingerprint density at radius 1 is 0.414 bits per heavy atom. The fourth-order valence-corrected chi connectivity index (χ4v) is 19.4. The molecule has 7 aromatic carbocycles. The van der Waals surface area contributed by atoms with E-state index in [0.29, 0.717) is 129 Å². The largest absolute Gasteiger partial charge is 0.426 e. The Bertz CT molecular complexity index is 6820. The van der Waals surface area contributed by atoms with Crippen molar-refractivity contribution >= 4 is 140 Å². The van der Waals surface area contributed by atoms with Gasteiger partial charge in [0.25, 0.3) is 70.4 Å². The minimum absolute atomic E-state index is 0.0184. The normalized spacial score (nSPS) is 20.3. The lowest BCUT2D eigenvalue weighted by molar-refractivity contribution is -0.385. The van der Waals surface area contributed by atoms with Gasteiger partial charge in [0.2, 0.25) is 11.8 Å². The van der Waals surface area contributed by atoms with E-state index < -0.39 is 86.9 Å². The average molecular weight is 1980 g/mol. The third kappa shape index (κ3) is 21.7. The molecular formula is C106H106N18O20S. The second-order valence-electron chi connectivity index (χ2n) is 36.9. The Balaban J connectivity index is 0.000000127. The van der Waals surface area contributed by atoms with Gasteiger partial charge in [0, 0.05) is 154 Å². The Hall–Kier alpha value is -17.3. The molecule has 39 heteroatoms. The number of hydrogen-bond acceptors (Lipinski definition) is 27. The van der Waals surface area contributed by atoms with Crippen LogP contribution in [-0.4, -0.2) is 180 Å². The lowest BCUT2D eigenvalue weighted by atomic mass is 9.99. The van der Waals surface area contributed by atoms with Crippen LogP contribution in [0.25, 0.3) is 0 Å². The van der Waals surface area contributed by atoms with Crippen LogP contribution in [0.1, 0.15) is 250 Å². The van der Waals surface area contributed by atoms with Crippen molar-refractivity contribution in [3.8, 4) is 5.75 Å². The molecule has 0 radical (unpaired) electrons. The van der Waals surface area contributed by atoms with Crippen LogP contribution in [-0.2, 0) is 50.2 Å². The second kappa shape index (κ2) is 43.1. The quantitative estimate of drug-likeness (QED) is 0.00713. The number of thiocarbonyl (C=S) groups is 1. The van der Waals surface area contributed by atoms with E-state index >= 15 is 0 Å². The Morgan fingerprint density at radius 2 is 0.779 bits per heavy atom. The van der Waals surface area contributed by atoms with Gasteiger partial charge in [0.05, 0.1) is 63.3 Å². The first-order valence-electron chi connectivity index (χ1n) is 47.0. The maximum absolute atomic E-state index is 12.6. The molecule has 2 aliphatic carbocycles. The summed E-state index contributed by atoms with van der Waals surface area (Å²) < 4.78 is 5.00. The van der Waals surface area contributed by atoms with Crippen molar-refractivity contribution < 1.29 is 86.5 Å². The maximum atomic E-state index is 12.6. The van der Waals surface area contributed by atoms with E-state index in [1.165, 1.54) is 55.5 Å². The molecule has 38 nitrogen and oxygen atoms in total. The number of allylic oxidation sites excluding steroid dienone is 9. The molecule has 3 fully saturated rings. The molecular weight excluding hydrogens is 1880 g/mol. The van der Waals surface area contributed by atoms with E-state index in [2.05, 4.69) is 97.8 Å². The summed E-state index contributed by atoms with van der Waals surface area (Å²) in [5.41, 5.74) is 26.4. The molecule has 0 bridgehead atoms. The van der Waals surface area contributed by atoms with Crippen LogP contribution in [0.4, 0.5) is 34.1 Å². The highest BCUT2D eigenvalue weighted by atomic mass is 32.1. The van der Waals surface area contributed by atoms with Gasteiger partial charge in [-0.2, -0.15) is 0 Å². The number of Topliss-reactive ketones (excluding diaryl/α,β-unsaturated/α-hetero) is 2. The van der Waals surface area contributed by atoms with Crippen LogP contribution in [0.5, 0.6) is 5.75 Å². The zero-order valence-electron chi connectivity index (χ0n) is 80.1. The molecule has 14 aliphatic rings. The number of nitrogens with one attached hydrogen (secondary N) is 7. The van der Waals surface area contributed by atoms with Crippen molar-refractivity contribution in [1.82, 2.24) is 60.9 Å². The molecule has 12 amide bonds. The molecule has 145 heavy (non-hydrogen) atoms. The molecule has 12 aliphatic heterocycles. The number of carbonyl (C=O) groups is 15. The fraction of sp³-hybridized carbons (Fsp3) is 0.283. The van der Waals surface area contributed by atoms with E-state index in [4.69, 9.17) is 28.4 Å². The number of nitrogens with two attached hydrogens (primary N) is 2. The van der Waals surface area contributed by atoms with E-state index in [0.717, 1.165) is 125 Å². The van der Waals surface area contributed by atoms with Crippen LogP contribution in [0.3, 0.4) is 0 Å². The Labute approximate surface area is 838 Å². The number of nitro groups is 2. The number of carbonyl (C=O) groups excluding carboxylic acids is 15. The lowest BCUT2D eigenvalue weighted by Crippen LogP contribution is -2.51. The number of piperidine rings is 3. The third-order valence-electron chi connectivity index (χ3n) is 26.1. The van der Waals surface area contributed by atoms with E-state index in [9.17, 15) is 92.1 Å². The van der Waals surface area contributed by atoms with Gasteiger partial charge in [-0.3, -0.25) is 107 Å². The fourth-order valence-electron chi connectivity index (χ4n) is 19.0. The van der Waals surface area contributed by atoms with Gasteiger partial charge in [0.1, 0.15) is 33.9 Å². The summed E-state index contributed by atoms with van der Waals surface area (Å²) in [6, 6.07) is 32.7. The summed E-state index contributed by atoms with van der Waals surface area (Å²) in [4.78, 5) is 215. The number of amides is 12. The third-order valence-corrected chi connectivity index (χ3v) is 26.5.